The molecule has 0 saturated heterocycles. The van der Waals surface area contributed by atoms with Gasteiger partial charge in [-0.25, -0.2) is 4.79 Å². The number of carbonyl (C=O) groups is 2. The molecule has 0 aliphatic heterocycles. The maximum Gasteiger partial charge on any atom is 0.387 e. The normalized spacial score (nSPS) is 12.0. The standard InChI is InChI=1S/C21H21F2NO4/c1-2-3-9-19(26)27-14-18(25)24-20(15-7-5-4-6-8-15)16-10-12-17(13-11-16)28-21(22)23/h3-13,20-21H,2,14H2,1H3,(H,24,25)/b9-3+/t20-/m1/s1. The molecule has 2 aromatic rings. The highest BCUT2D eigenvalue weighted by atomic mass is 19.3. The molecule has 0 aliphatic carbocycles. The van der Waals surface area contributed by atoms with Gasteiger partial charge in [-0.1, -0.05) is 55.5 Å². The quantitative estimate of drug-likeness (QED) is 0.520. The minimum atomic E-state index is -2.91. The Balaban J connectivity index is 2.11. The third kappa shape index (κ3) is 6.83. The van der Waals surface area contributed by atoms with Crippen molar-refractivity contribution in [3.8, 4) is 5.75 Å². The zero-order chi connectivity index (χ0) is 20.4. The predicted molar refractivity (Wildman–Crippen MR) is 99.9 cm³/mol. The van der Waals surface area contributed by atoms with Crippen molar-refractivity contribution in [3.05, 3.63) is 77.9 Å². The lowest BCUT2D eigenvalue weighted by atomic mass is 9.98. The summed E-state index contributed by atoms with van der Waals surface area (Å²) >= 11 is 0. The van der Waals surface area contributed by atoms with E-state index in [9.17, 15) is 18.4 Å². The van der Waals surface area contributed by atoms with Gasteiger partial charge >= 0.3 is 12.6 Å². The van der Waals surface area contributed by atoms with Crippen molar-refractivity contribution in [2.45, 2.75) is 26.0 Å². The Morgan fingerprint density at radius 1 is 1.04 bits per heavy atom. The molecule has 0 aromatic heterocycles. The summed E-state index contributed by atoms with van der Waals surface area (Å²) in [5.41, 5.74) is 1.45. The molecule has 0 bridgehead atoms. The summed E-state index contributed by atoms with van der Waals surface area (Å²) in [7, 11) is 0. The van der Waals surface area contributed by atoms with Gasteiger partial charge in [0.15, 0.2) is 6.61 Å². The molecule has 0 radical (unpaired) electrons. The maximum atomic E-state index is 12.3. The first-order valence-electron chi connectivity index (χ1n) is 8.72. The number of benzene rings is 2. The van der Waals surface area contributed by atoms with Crippen LogP contribution in [0.3, 0.4) is 0 Å². The molecular formula is C21H21F2NO4. The van der Waals surface area contributed by atoms with Gasteiger partial charge in [-0.3, -0.25) is 4.79 Å². The molecule has 28 heavy (non-hydrogen) atoms. The lowest BCUT2D eigenvalue weighted by Gasteiger charge is -2.20. The van der Waals surface area contributed by atoms with Crippen LogP contribution in [0, 0.1) is 0 Å². The van der Waals surface area contributed by atoms with Crippen molar-refractivity contribution in [3.63, 3.8) is 0 Å². The molecule has 7 heteroatoms. The zero-order valence-electron chi connectivity index (χ0n) is 15.3. The Morgan fingerprint density at radius 2 is 1.68 bits per heavy atom. The second-order valence-electron chi connectivity index (χ2n) is 5.78. The van der Waals surface area contributed by atoms with E-state index in [0.717, 1.165) is 5.56 Å². The summed E-state index contributed by atoms with van der Waals surface area (Å²) in [5.74, 6) is -1.06. The number of carbonyl (C=O) groups excluding carboxylic acids is 2. The minimum absolute atomic E-state index is 0.0218. The first-order chi connectivity index (χ1) is 13.5. The highest BCUT2D eigenvalue weighted by molar-refractivity contribution is 5.85. The van der Waals surface area contributed by atoms with E-state index in [2.05, 4.69) is 10.1 Å². The zero-order valence-corrected chi connectivity index (χ0v) is 15.3. The van der Waals surface area contributed by atoms with Gasteiger partial charge in [-0.15, -0.1) is 0 Å². The first-order valence-corrected chi connectivity index (χ1v) is 8.72. The predicted octanol–water partition coefficient (Wildman–Crippen LogP) is 4.00. The fourth-order valence-electron chi connectivity index (χ4n) is 2.45. The van der Waals surface area contributed by atoms with Crippen LogP contribution in [0.25, 0.3) is 0 Å². The number of nitrogens with one attached hydrogen (secondary N) is 1. The van der Waals surface area contributed by atoms with Gasteiger partial charge in [0.05, 0.1) is 6.04 Å². The molecule has 2 aromatic carbocycles. The molecule has 148 valence electrons. The third-order valence-corrected chi connectivity index (χ3v) is 3.71. The summed E-state index contributed by atoms with van der Waals surface area (Å²) in [6, 6.07) is 14.6. The van der Waals surface area contributed by atoms with E-state index in [1.165, 1.54) is 18.2 Å². The van der Waals surface area contributed by atoms with Crippen LogP contribution in [0.4, 0.5) is 8.78 Å². The topological polar surface area (TPSA) is 64.6 Å². The van der Waals surface area contributed by atoms with Gasteiger partial charge in [-0.2, -0.15) is 8.78 Å². The van der Waals surface area contributed by atoms with E-state index in [1.807, 2.05) is 37.3 Å². The molecular weight excluding hydrogens is 368 g/mol. The summed E-state index contributed by atoms with van der Waals surface area (Å²) in [6.07, 6.45) is 3.59. The summed E-state index contributed by atoms with van der Waals surface area (Å²) in [5, 5.41) is 2.79. The number of alkyl halides is 2. The van der Waals surface area contributed by atoms with Crippen LogP contribution in [0.1, 0.15) is 30.5 Å². The fourth-order valence-corrected chi connectivity index (χ4v) is 2.45. The number of halogens is 2. The Morgan fingerprint density at radius 3 is 2.29 bits per heavy atom. The van der Waals surface area contributed by atoms with Crippen molar-refractivity contribution in [1.82, 2.24) is 5.32 Å². The second-order valence-corrected chi connectivity index (χ2v) is 5.78. The van der Waals surface area contributed by atoms with Crippen molar-refractivity contribution in [2.24, 2.45) is 0 Å². The average molecular weight is 389 g/mol. The van der Waals surface area contributed by atoms with Gasteiger partial charge in [-0.05, 0) is 29.7 Å². The van der Waals surface area contributed by atoms with Crippen molar-refractivity contribution >= 4 is 11.9 Å². The lowest BCUT2D eigenvalue weighted by Crippen LogP contribution is -2.33. The van der Waals surface area contributed by atoms with E-state index >= 15 is 0 Å². The SMILES string of the molecule is CC/C=C/C(=O)OCC(=O)N[C@H](c1ccccc1)c1ccc(OC(F)F)cc1. The molecule has 0 unspecified atom stereocenters. The van der Waals surface area contributed by atoms with Crippen molar-refractivity contribution in [2.75, 3.05) is 6.61 Å². The van der Waals surface area contributed by atoms with Crippen LogP contribution in [-0.4, -0.2) is 25.1 Å². The Labute approximate surface area is 162 Å². The Bertz CT molecular complexity index is 792. The molecule has 5 nitrogen and oxygen atoms in total. The van der Waals surface area contributed by atoms with E-state index in [1.54, 1.807) is 18.2 Å². The van der Waals surface area contributed by atoms with Gasteiger partial charge in [0.25, 0.3) is 5.91 Å². The lowest BCUT2D eigenvalue weighted by molar-refractivity contribution is -0.144. The van der Waals surface area contributed by atoms with Gasteiger partial charge < -0.3 is 14.8 Å². The van der Waals surface area contributed by atoms with Gasteiger partial charge in [0.1, 0.15) is 5.75 Å². The average Bonchev–Trinajstić information content (AvgIpc) is 2.70. The molecule has 0 spiro atoms. The van der Waals surface area contributed by atoms with Crippen LogP contribution in [-0.2, 0) is 14.3 Å². The van der Waals surface area contributed by atoms with Crippen LogP contribution in [0.2, 0.25) is 0 Å². The van der Waals surface area contributed by atoms with Crippen LogP contribution in [0.15, 0.2) is 66.7 Å². The highest BCUT2D eigenvalue weighted by Crippen LogP contribution is 2.24. The number of amides is 1. The van der Waals surface area contributed by atoms with E-state index in [0.29, 0.717) is 12.0 Å². The summed E-state index contributed by atoms with van der Waals surface area (Å²) in [6.45, 7) is -1.46. The number of hydrogen-bond acceptors (Lipinski definition) is 4. The van der Waals surface area contributed by atoms with Crippen molar-refractivity contribution in [1.29, 1.82) is 0 Å². The van der Waals surface area contributed by atoms with E-state index in [-0.39, 0.29) is 5.75 Å². The molecule has 1 N–H and O–H groups in total. The molecule has 1 atom stereocenters. The molecule has 0 fully saturated rings. The third-order valence-electron chi connectivity index (χ3n) is 3.71. The molecule has 2 rings (SSSR count). The van der Waals surface area contributed by atoms with Crippen LogP contribution < -0.4 is 10.1 Å². The summed E-state index contributed by atoms with van der Waals surface area (Å²) in [4.78, 5) is 23.7. The molecule has 1 amide bonds. The van der Waals surface area contributed by atoms with Crippen LogP contribution >= 0.6 is 0 Å². The maximum absolute atomic E-state index is 12.3. The molecule has 0 aliphatic rings. The Kier molecular flexibility index (Phi) is 8.14. The monoisotopic (exact) mass is 389 g/mol. The van der Waals surface area contributed by atoms with E-state index < -0.39 is 31.1 Å². The number of rotatable bonds is 9. The number of ether oxygens (including phenoxy) is 2. The van der Waals surface area contributed by atoms with Crippen molar-refractivity contribution < 1.29 is 27.8 Å². The Hall–Kier alpha value is -3.22. The number of esters is 1. The smallest absolute Gasteiger partial charge is 0.387 e. The molecule has 0 saturated carbocycles. The van der Waals surface area contributed by atoms with Crippen LogP contribution in [0.5, 0.6) is 5.75 Å². The highest BCUT2D eigenvalue weighted by Gasteiger charge is 2.18. The molecule has 0 heterocycles. The summed E-state index contributed by atoms with van der Waals surface area (Å²) < 4.78 is 33.9. The minimum Gasteiger partial charge on any atom is -0.452 e. The second kappa shape index (κ2) is 10.8. The first kappa shape index (κ1) is 21.1. The van der Waals surface area contributed by atoms with Gasteiger partial charge in [0, 0.05) is 6.08 Å². The number of hydrogen-bond donors (Lipinski definition) is 1. The largest absolute Gasteiger partial charge is 0.452 e. The van der Waals surface area contributed by atoms with Gasteiger partial charge in [0.2, 0.25) is 0 Å². The fraction of sp³-hybridized carbons (Fsp3) is 0.238. The van der Waals surface area contributed by atoms with E-state index in [4.69, 9.17) is 4.74 Å². The number of allylic oxidation sites excluding steroid dienone is 1.